The molecule has 23 heavy (non-hydrogen) atoms. The van der Waals surface area contributed by atoms with Crippen LogP contribution in [-0.2, 0) is 4.79 Å². The van der Waals surface area contributed by atoms with Crippen molar-refractivity contribution in [1.82, 2.24) is 10.2 Å². The number of carbonyl (C=O) groups is 1. The van der Waals surface area contributed by atoms with Gasteiger partial charge in [-0.1, -0.05) is 18.9 Å². The predicted octanol–water partition coefficient (Wildman–Crippen LogP) is 2.73. The Morgan fingerprint density at radius 1 is 1.22 bits per heavy atom. The number of hydrogen-bond acceptors (Lipinski definition) is 3. The van der Waals surface area contributed by atoms with Crippen molar-refractivity contribution in [3.8, 4) is 5.75 Å². The summed E-state index contributed by atoms with van der Waals surface area (Å²) in [6.45, 7) is 2.08. The number of hydrogen-bond donors (Lipinski definition) is 1. The minimum atomic E-state index is -0.359. The molecular weight excluding hydrogens is 295 g/mol. The van der Waals surface area contributed by atoms with Gasteiger partial charge in [0.15, 0.2) is 6.61 Å². The molecule has 1 amide bonds. The summed E-state index contributed by atoms with van der Waals surface area (Å²) >= 11 is 0. The average molecular weight is 320 g/mol. The number of halogens is 1. The highest BCUT2D eigenvalue weighted by Gasteiger charge is 2.27. The molecule has 0 unspecified atom stereocenters. The Hall–Kier alpha value is -1.62. The largest absolute Gasteiger partial charge is 0.484 e. The lowest BCUT2D eigenvalue weighted by Crippen LogP contribution is -2.48. The summed E-state index contributed by atoms with van der Waals surface area (Å²) < 4.78 is 18.4. The van der Waals surface area contributed by atoms with Crippen molar-refractivity contribution in [2.24, 2.45) is 0 Å². The smallest absolute Gasteiger partial charge is 0.258 e. The van der Waals surface area contributed by atoms with Gasteiger partial charge >= 0.3 is 0 Å². The fourth-order valence-electron chi connectivity index (χ4n) is 3.65. The van der Waals surface area contributed by atoms with E-state index in [0.717, 1.165) is 32.0 Å². The van der Waals surface area contributed by atoms with Crippen LogP contribution in [0.15, 0.2) is 24.3 Å². The van der Waals surface area contributed by atoms with Crippen molar-refractivity contribution in [1.29, 1.82) is 0 Å². The van der Waals surface area contributed by atoms with Crippen LogP contribution in [0.2, 0.25) is 0 Å². The number of benzene rings is 1. The molecule has 1 saturated heterocycles. The van der Waals surface area contributed by atoms with Gasteiger partial charge in [-0.3, -0.25) is 4.79 Å². The average Bonchev–Trinajstić information content (AvgIpc) is 3.08. The molecule has 4 nitrogen and oxygen atoms in total. The topological polar surface area (TPSA) is 41.6 Å². The van der Waals surface area contributed by atoms with Crippen LogP contribution in [0.3, 0.4) is 0 Å². The maximum atomic E-state index is 13.0. The van der Waals surface area contributed by atoms with Crippen LogP contribution in [0.1, 0.15) is 38.5 Å². The number of rotatable bonds is 5. The molecule has 1 heterocycles. The molecule has 2 fully saturated rings. The first-order valence-electron chi connectivity index (χ1n) is 8.62. The van der Waals surface area contributed by atoms with Crippen LogP contribution < -0.4 is 10.1 Å². The Bertz CT molecular complexity index is 524. The highest BCUT2D eigenvalue weighted by Crippen LogP contribution is 2.26. The minimum Gasteiger partial charge on any atom is -0.484 e. The Kier molecular flexibility index (Phi) is 5.49. The van der Waals surface area contributed by atoms with Gasteiger partial charge in [-0.25, -0.2) is 4.39 Å². The summed E-state index contributed by atoms with van der Waals surface area (Å²) in [5, 5.41) is 3.03. The second-order valence-corrected chi connectivity index (χ2v) is 6.56. The number of carbonyl (C=O) groups excluding carboxylic acids is 1. The molecular formula is C18H25FN2O2. The zero-order chi connectivity index (χ0) is 16.1. The van der Waals surface area contributed by atoms with Gasteiger partial charge in [-0.2, -0.15) is 0 Å². The molecule has 0 bridgehead atoms. The van der Waals surface area contributed by atoms with Gasteiger partial charge in [0.2, 0.25) is 0 Å². The molecule has 1 aliphatic heterocycles. The fraction of sp³-hybridized carbons (Fsp3) is 0.611. The third-order valence-corrected chi connectivity index (χ3v) is 4.90. The van der Waals surface area contributed by atoms with E-state index in [4.69, 9.17) is 4.74 Å². The number of nitrogens with zero attached hydrogens (tertiary/aromatic N) is 1. The maximum absolute atomic E-state index is 13.0. The zero-order valence-electron chi connectivity index (χ0n) is 13.5. The monoisotopic (exact) mass is 320 g/mol. The van der Waals surface area contributed by atoms with Crippen molar-refractivity contribution in [3.05, 3.63) is 30.1 Å². The Morgan fingerprint density at radius 2 is 1.96 bits per heavy atom. The van der Waals surface area contributed by atoms with Crippen molar-refractivity contribution in [2.45, 2.75) is 50.6 Å². The second-order valence-electron chi connectivity index (χ2n) is 6.56. The van der Waals surface area contributed by atoms with Crippen molar-refractivity contribution < 1.29 is 13.9 Å². The summed E-state index contributed by atoms with van der Waals surface area (Å²) in [7, 11) is 0. The van der Waals surface area contributed by atoms with Gasteiger partial charge in [0.25, 0.3) is 5.91 Å². The highest BCUT2D eigenvalue weighted by atomic mass is 19.1. The summed E-state index contributed by atoms with van der Waals surface area (Å²) in [4.78, 5) is 14.5. The normalized spacial score (nSPS) is 20.6. The summed E-state index contributed by atoms with van der Waals surface area (Å²) in [5.41, 5.74) is 0. The number of nitrogens with one attached hydrogen (secondary N) is 1. The van der Waals surface area contributed by atoms with Crippen LogP contribution in [-0.4, -0.2) is 42.6 Å². The van der Waals surface area contributed by atoms with E-state index in [9.17, 15) is 9.18 Å². The first-order valence-corrected chi connectivity index (χ1v) is 8.62. The summed E-state index contributed by atoms with van der Waals surface area (Å²) in [6, 6.07) is 6.86. The number of likely N-dealkylation sites (tertiary alicyclic amines) is 1. The first-order chi connectivity index (χ1) is 11.2. The first kappa shape index (κ1) is 16.2. The van der Waals surface area contributed by atoms with Gasteiger partial charge < -0.3 is 15.0 Å². The van der Waals surface area contributed by atoms with Gasteiger partial charge in [-0.15, -0.1) is 0 Å². The van der Waals surface area contributed by atoms with Gasteiger partial charge in [0.1, 0.15) is 11.6 Å². The van der Waals surface area contributed by atoms with Crippen molar-refractivity contribution in [3.63, 3.8) is 0 Å². The lowest BCUT2D eigenvalue weighted by Gasteiger charge is -2.36. The molecule has 3 rings (SSSR count). The van der Waals surface area contributed by atoms with Gasteiger partial charge in [-0.05, 0) is 37.8 Å². The quantitative estimate of drug-likeness (QED) is 0.907. The second kappa shape index (κ2) is 7.77. The van der Waals surface area contributed by atoms with Crippen molar-refractivity contribution in [2.75, 3.05) is 19.7 Å². The van der Waals surface area contributed by atoms with Crippen LogP contribution >= 0.6 is 0 Å². The van der Waals surface area contributed by atoms with E-state index >= 15 is 0 Å². The molecule has 1 aliphatic carbocycles. The van der Waals surface area contributed by atoms with Gasteiger partial charge in [0.05, 0.1) is 0 Å². The number of amides is 1. The van der Waals surface area contributed by atoms with E-state index < -0.39 is 0 Å². The molecule has 0 atom stereocenters. The molecule has 0 spiro atoms. The van der Waals surface area contributed by atoms with E-state index in [-0.39, 0.29) is 24.4 Å². The van der Waals surface area contributed by atoms with Gasteiger partial charge in [0, 0.05) is 31.2 Å². The van der Waals surface area contributed by atoms with E-state index in [1.54, 1.807) is 12.1 Å². The lowest BCUT2D eigenvalue weighted by atomic mass is 10.0. The van der Waals surface area contributed by atoms with E-state index in [1.807, 2.05) is 0 Å². The molecule has 2 aliphatic rings. The Labute approximate surface area is 137 Å². The molecule has 5 heteroatoms. The molecule has 1 N–H and O–H groups in total. The highest BCUT2D eigenvalue weighted by molar-refractivity contribution is 5.77. The third-order valence-electron chi connectivity index (χ3n) is 4.90. The van der Waals surface area contributed by atoms with Crippen molar-refractivity contribution >= 4 is 5.91 Å². The predicted molar refractivity (Wildman–Crippen MR) is 86.9 cm³/mol. The molecule has 1 saturated carbocycles. The Morgan fingerprint density at radius 3 is 2.65 bits per heavy atom. The van der Waals surface area contributed by atoms with Crippen LogP contribution in [0.4, 0.5) is 4.39 Å². The Balaban J connectivity index is 1.37. The van der Waals surface area contributed by atoms with E-state index in [0.29, 0.717) is 5.75 Å². The number of ether oxygens (including phenoxy) is 1. The lowest BCUT2D eigenvalue weighted by molar-refractivity contribution is -0.124. The number of piperidine rings is 1. The molecule has 0 radical (unpaired) electrons. The summed E-state index contributed by atoms with van der Waals surface area (Å²) in [6.07, 6.45) is 7.39. The molecule has 0 aromatic heterocycles. The van der Waals surface area contributed by atoms with E-state index in [2.05, 4.69) is 10.2 Å². The molecule has 1 aromatic rings. The fourth-order valence-corrected chi connectivity index (χ4v) is 3.65. The minimum absolute atomic E-state index is 0.0632. The standard InChI is InChI=1S/C18H25FN2O2/c19-14-4-3-7-17(12-14)23-13-18(22)20-15-8-10-21(11-9-15)16-5-1-2-6-16/h3-4,7,12,15-16H,1-2,5-6,8-11,13H2,(H,20,22). The molecule has 126 valence electrons. The summed E-state index contributed by atoms with van der Waals surface area (Å²) in [5.74, 6) is -0.105. The zero-order valence-corrected chi connectivity index (χ0v) is 13.5. The van der Waals surface area contributed by atoms with Crippen LogP contribution in [0.5, 0.6) is 5.75 Å². The third kappa shape index (κ3) is 4.67. The van der Waals surface area contributed by atoms with Crippen LogP contribution in [0.25, 0.3) is 0 Å². The maximum Gasteiger partial charge on any atom is 0.258 e. The van der Waals surface area contributed by atoms with Crippen LogP contribution in [0, 0.1) is 5.82 Å². The van der Waals surface area contributed by atoms with E-state index in [1.165, 1.54) is 37.8 Å². The molecule has 1 aromatic carbocycles. The SMILES string of the molecule is O=C(COc1cccc(F)c1)NC1CCN(C2CCCC2)CC1.